The number of nitrogens with zero attached hydrogens (tertiary/aromatic N) is 1. The van der Waals surface area contributed by atoms with Crippen molar-refractivity contribution in [1.82, 2.24) is 0 Å². The number of rotatable bonds is 8. The third kappa shape index (κ3) is 5.92. The summed E-state index contributed by atoms with van der Waals surface area (Å²) in [6, 6.07) is 18.4. The first-order valence-electron chi connectivity index (χ1n) is 11.0. The molecule has 3 aromatic rings. The number of carbonyl (C=O) groups excluding carboxylic acids is 3. The van der Waals surface area contributed by atoms with Gasteiger partial charge in [-0.05, 0) is 61.5 Å². The molecule has 0 saturated carbocycles. The van der Waals surface area contributed by atoms with E-state index in [2.05, 4.69) is 0 Å². The van der Waals surface area contributed by atoms with E-state index in [9.17, 15) is 22.8 Å². The molecule has 0 radical (unpaired) electrons. The molecule has 1 saturated heterocycles. The predicted octanol–water partition coefficient (Wildman–Crippen LogP) is 4.20. The van der Waals surface area contributed by atoms with Gasteiger partial charge in [0.15, 0.2) is 12.4 Å². The standard InChI is InChI=1S/C26H22ClNO7S/c1-17-5-11-23(12-6-17)36(32,33)35-22-9-7-18(8-10-22)24(29)16-34-26(31)19-13-25(30)28(15-19)21-4-2-3-20(27)14-21/h2-12,14,19H,13,15-16H2,1H3/t19-/m0/s1. The van der Waals surface area contributed by atoms with Gasteiger partial charge in [0.05, 0.1) is 5.92 Å². The maximum absolute atomic E-state index is 12.5. The first-order valence-corrected chi connectivity index (χ1v) is 12.8. The van der Waals surface area contributed by atoms with E-state index >= 15 is 0 Å². The Morgan fingerprint density at radius 3 is 2.39 bits per heavy atom. The molecule has 186 valence electrons. The summed E-state index contributed by atoms with van der Waals surface area (Å²) < 4.78 is 35.1. The van der Waals surface area contributed by atoms with Crippen LogP contribution in [-0.2, 0) is 24.4 Å². The van der Waals surface area contributed by atoms with Crippen LogP contribution < -0.4 is 9.08 Å². The van der Waals surface area contributed by atoms with Crippen LogP contribution in [0.25, 0.3) is 0 Å². The van der Waals surface area contributed by atoms with Gasteiger partial charge in [0.25, 0.3) is 0 Å². The third-order valence-electron chi connectivity index (χ3n) is 5.62. The normalized spacial score (nSPS) is 15.6. The summed E-state index contributed by atoms with van der Waals surface area (Å²) in [7, 11) is -4.02. The summed E-state index contributed by atoms with van der Waals surface area (Å²) in [5, 5.41) is 0.473. The molecule has 3 aromatic carbocycles. The Balaban J connectivity index is 1.31. The number of aryl methyl sites for hydroxylation is 1. The fraction of sp³-hybridized carbons (Fsp3) is 0.192. The van der Waals surface area contributed by atoms with Gasteiger partial charge in [-0.25, -0.2) is 0 Å². The number of anilines is 1. The number of hydrogen-bond donors (Lipinski definition) is 0. The lowest BCUT2D eigenvalue weighted by Crippen LogP contribution is -2.27. The summed E-state index contributed by atoms with van der Waals surface area (Å²) in [6.45, 7) is 1.46. The number of ketones is 1. The zero-order chi connectivity index (χ0) is 25.9. The lowest BCUT2D eigenvalue weighted by Gasteiger charge is -2.16. The van der Waals surface area contributed by atoms with Crippen LogP contribution in [0.1, 0.15) is 22.3 Å². The highest BCUT2D eigenvalue weighted by Crippen LogP contribution is 2.28. The Morgan fingerprint density at radius 1 is 1.03 bits per heavy atom. The van der Waals surface area contributed by atoms with Crippen LogP contribution in [-0.4, -0.2) is 39.2 Å². The Bertz CT molecular complexity index is 1400. The van der Waals surface area contributed by atoms with Crippen molar-refractivity contribution in [2.24, 2.45) is 5.92 Å². The minimum atomic E-state index is -4.02. The highest BCUT2D eigenvalue weighted by atomic mass is 35.5. The molecule has 0 aromatic heterocycles. The molecule has 1 fully saturated rings. The first-order chi connectivity index (χ1) is 17.1. The number of carbonyl (C=O) groups is 3. The number of amides is 1. The van der Waals surface area contributed by atoms with E-state index in [1.54, 1.807) is 36.4 Å². The molecule has 0 aliphatic carbocycles. The van der Waals surface area contributed by atoms with E-state index in [0.29, 0.717) is 10.7 Å². The first kappa shape index (κ1) is 25.4. The number of benzene rings is 3. The Hall–Kier alpha value is -3.69. The van der Waals surface area contributed by atoms with Gasteiger partial charge in [-0.2, -0.15) is 8.42 Å². The third-order valence-corrected chi connectivity index (χ3v) is 7.11. The van der Waals surface area contributed by atoms with Crippen molar-refractivity contribution in [2.75, 3.05) is 18.1 Å². The molecular weight excluding hydrogens is 506 g/mol. The monoisotopic (exact) mass is 527 g/mol. The zero-order valence-electron chi connectivity index (χ0n) is 19.2. The van der Waals surface area contributed by atoms with Crippen molar-refractivity contribution in [3.8, 4) is 5.75 Å². The van der Waals surface area contributed by atoms with E-state index in [1.165, 1.54) is 41.3 Å². The Kier molecular flexibility index (Phi) is 7.42. The van der Waals surface area contributed by atoms with Crippen LogP contribution in [0.2, 0.25) is 5.02 Å². The molecule has 36 heavy (non-hydrogen) atoms. The smallest absolute Gasteiger partial charge is 0.339 e. The summed E-state index contributed by atoms with van der Waals surface area (Å²) >= 11 is 5.98. The van der Waals surface area contributed by atoms with Gasteiger partial charge in [-0.3, -0.25) is 14.4 Å². The average Bonchev–Trinajstić information content (AvgIpc) is 3.24. The predicted molar refractivity (Wildman–Crippen MR) is 133 cm³/mol. The number of esters is 1. The van der Waals surface area contributed by atoms with Crippen molar-refractivity contribution < 1.29 is 31.7 Å². The highest BCUT2D eigenvalue weighted by molar-refractivity contribution is 7.87. The summed E-state index contributed by atoms with van der Waals surface area (Å²) in [5.41, 5.74) is 1.71. The number of ether oxygens (including phenoxy) is 1. The minimum absolute atomic E-state index is 0.0134. The molecule has 1 atom stereocenters. The van der Waals surface area contributed by atoms with E-state index in [0.717, 1.165) is 5.56 Å². The van der Waals surface area contributed by atoms with E-state index < -0.39 is 34.4 Å². The number of Topliss-reactive ketones (excluding diaryl/α,β-unsaturated/α-hetero) is 1. The molecule has 0 bridgehead atoms. The molecule has 1 heterocycles. The molecule has 8 nitrogen and oxygen atoms in total. The van der Waals surface area contributed by atoms with Crippen molar-refractivity contribution >= 4 is 45.1 Å². The molecular formula is C26H22ClNO7S. The maximum Gasteiger partial charge on any atom is 0.339 e. The van der Waals surface area contributed by atoms with Gasteiger partial charge in [-0.15, -0.1) is 0 Å². The van der Waals surface area contributed by atoms with Crippen molar-refractivity contribution in [3.63, 3.8) is 0 Å². The topological polar surface area (TPSA) is 107 Å². The summed E-state index contributed by atoms with van der Waals surface area (Å²) in [4.78, 5) is 38.8. The van der Waals surface area contributed by atoms with Crippen molar-refractivity contribution in [2.45, 2.75) is 18.2 Å². The SMILES string of the molecule is Cc1ccc(S(=O)(=O)Oc2ccc(C(=O)COC(=O)[C@H]3CC(=O)N(c4cccc(Cl)c4)C3)cc2)cc1. The average molecular weight is 528 g/mol. The second-order valence-corrected chi connectivity index (χ2v) is 10.3. The second-order valence-electron chi connectivity index (χ2n) is 8.29. The molecule has 0 N–H and O–H groups in total. The van der Waals surface area contributed by atoms with Crippen LogP contribution in [0, 0.1) is 12.8 Å². The van der Waals surface area contributed by atoms with Crippen LogP contribution in [0.3, 0.4) is 0 Å². The van der Waals surface area contributed by atoms with Gasteiger partial charge >= 0.3 is 16.1 Å². The zero-order valence-corrected chi connectivity index (χ0v) is 20.8. The van der Waals surface area contributed by atoms with Gasteiger partial charge < -0.3 is 13.8 Å². The van der Waals surface area contributed by atoms with Crippen molar-refractivity contribution in [3.05, 3.63) is 88.9 Å². The minimum Gasteiger partial charge on any atom is -0.457 e. The van der Waals surface area contributed by atoms with E-state index in [-0.39, 0.29) is 35.1 Å². The highest BCUT2D eigenvalue weighted by Gasteiger charge is 2.36. The second kappa shape index (κ2) is 10.5. The Morgan fingerprint density at radius 2 is 1.72 bits per heavy atom. The molecule has 0 spiro atoms. The lowest BCUT2D eigenvalue weighted by atomic mass is 10.1. The number of halogens is 1. The molecule has 1 amide bonds. The molecule has 1 aliphatic heterocycles. The van der Waals surface area contributed by atoms with Gasteiger partial charge in [0.2, 0.25) is 5.91 Å². The van der Waals surface area contributed by atoms with Crippen LogP contribution in [0.5, 0.6) is 5.75 Å². The lowest BCUT2D eigenvalue weighted by molar-refractivity contribution is -0.147. The van der Waals surface area contributed by atoms with Gasteiger partial charge in [0.1, 0.15) is 10.6 Å². The summed E-state index contributed by atoms with van der Waals surface area (Å²) in [5.74, 6) is -2.03. The van der Waals surface area contributed by atoms with Crippen molar-refractivity contribution in [1.29, 1.82) is 0 Å². The number of hydrogen-bond acceptors (Lipinski definition) is 7. The molecule has 10 heteroatoms. The molecule has 4 rings (SSSR count). The Labute approximate surface area is 213 Å². The van der Waals surface area contributed by atoms with Crippen LogP contribution in [0.4, 0.5) is 5.69 Å². The molecule has 1 aliphatic rings. The summed E-state index contributed by atoms with van der Waals surface area (Å²) in [6.07, 6.45) is -0.0268. The van der Waals surface area contributed by atoms with Gasteiger partial charge in [0, 0.05) is 29.2 Å². The fourth-order valence-corrected chi connectivity index (χ4v) is 4.79. The fourth-order valence-electron chi connectivity index (χ4n) is 3.67. The maximum atomic E-state index is 12.5. The largest absolute Gasteiger partial charge is 0.457 e. The molecule has 0 unspecified atom stereocenters. The van der Waals surface area contributed by atoms with Crippen LogP contribution >= 0.6 is 11.6 Å². The quantitative estimate of drug-likeness (QED) is 0.245. The van der Waals surface area contributed by atoms with E-state index in [4.69, 9.17) is 20.5 Å². The van der Waals surface area contributed by atoms with Gasteiger partial charge in [-0.1, -0.05) is 35.4 Å². The van der Waals surface area contributed by atoms with Crippen LogP contribution in [0.15, 0.2) is 77.7 Å². The van der Waals surface area contributed by atoms with E-state index in [1.807, 2.05) is 6.92 Å².